The van der Waals surface area contributed by atoms with Gasteiger partial charge in [-0.1, -0.05) is 35.3 Å². The van der Waals surface area contributed by atoms with Gasteiger partial charge in [0.05, 0.1) is 0 Å². The topological polar surface area (TPSA) is 29.1 Å². The molecule has 1 N–H and O–H groups in total. The van der Waals surface area contributed by atoms with Crippen LogP contribution >= 0.6 is 35.0 Å². The minimum Gasteiger partial charge on any atom is -0.351 e. The molecule has 0 spiro atoms. The summed E-state index contributed by atoms with van der Waals surface area (Å²) in [5.41, 5.74) is 0.380. The number of benzene rings is 2. The Morgan fingerprint density at radius 1 is 1.13 bits per heavy atom. The number of hydrogen-bond acceptors (Lipinski definition) is 2. The van der Waals surface area contributed by atoms with Crippen LogP contribution in [0.4, 0.5) is 8.78 Å². The highest BCUT2D eigenvalue weighted by molar-refractivity contribution is 7.98. The zero-order valence-electron chi connectivity index (χ0n) is 11.9. The molecule has 0 unspecified atom stereocenters. The zero-order chi connectivity index (χ0) is 16.8. The molecule has 2 nitrogen and oxygen atoms in total. The van der Waals surface area contributed by atoms with Gasteiger partial charge in [0.1, 0.15) is 17.2 Å². The fourth-order valence-corrected chi connectivity index (χ4v) is 3.28. The molecule has 122 valence electrons. The maximum Gasteiger partial charge on any atom is 0.257 e. The first-order chi connectivity index (χ1) is 11.0. The predicted molar refractivity (Wildman–Crippen MR) is 91.3 cm³/mol. The molecule has 1 amide bonds. The Morgan fingerprint density at radius 3 is 2.48 bits per heavy atom. The molecular weight excluding hydrogens is 363 g/mol. The van der Waals surface area contributed by atoms with Crippen LogP contribution in [0.3, 0.4) is 0 Å². The summed E-state index contributed by atoms with van der Waals surface area (Å²) >= 11 is 13.4. The van der Waals surface area contributed by atoms with Crippen molar-refractivity contribution in [1.29, 1.82) is 0 Å². The molecule has 0 atom stereocenters. The smallest absolute Gasteiger partial charge is 0.257 e. The third kappa shape index (κ3) is 5.09. The second-order valence-electron chi connectivity index (χ2n) is 4.64. The van der Waals surface area contributed by atoms with Crippen molar-refractivity contribution in [2.75, 3.05) is 12.3 Å². The average Bonchev–Trinajstić information content (AvgIpc) is 2.48. The van der Waals surface area contributed by atoms with Gasteiger partial charge < -0.3 is 5.32 Å². The van der Waals surface area contributed by atoms with E-state index in [0.717, 1.165) is 17.7 Å². The van der Waals surface area contributed by atoms with E-state index < -0.39 is 23.1 Å². The van der Waals surface area contributed by atoms with Gasteiger partial charge in [0.25, 0.3) is 5.91 Å². The molecular formula is C16H13Cl2F2NOS. The Hall–Kier alpha value is -1.30. The first kappa shape index (κ1) is 18.0. The molecule has 0 heterocycles. The van der Waals surface area contributed by atoms with Crippen LogP contribution in [0.2, 0.25) is 10.0 Å². The maximum atomic E-state index is 13.4. The molecule has 0 aliphatic heterocycles. The van der Waals surface area contributed by atoms with Gasteiger partial charge in [-0.15, -0.1) is 0 Å². The molecule has 23 heavy (non-hydrogen) atoms. The lowest BCUT2D eigenvalue weighted by Crippen LogP contribution is -2.27. The summed E-state index contributed by atoms with van der Waals surface area (Å²) in [7, 11) is 0. The van der Waals surface area contributed by atoms with Gasteiger partial charge in [-0.2, -0.15) is 11.8 Å². The highest BCUT2D eigenvalue weighted by atomic mass is 35.5. The van der Waals surface area contributed by atoms with Crippen LogP contribution < -0.4 is 5.32 Å². The van der Waals surface area contributed by atoms with Crippen molar-refractivity contribution in [2.45, 2.75) is 5.75 Å². The van der Waals surface area contributed by atoms with Crippen molar-refractivity contribution >= 4 is 40.9 Å². The molecule has 0 aliphatic rings. The Bertz CT molecular complexity index is 692. The molecule has 0 bridgehead atoms. The van der Waals surface area contributed by atoms with Crippen molar-refractivity contribution in [1.82, 2.24) is 5.32 Å². The number of carbonyl (C=O) groups excluding carboxylic acids is 1. The molecule has 0 aliphatic carbocycles. The number of amides is 1. The third-order valence-electron chi connectivity index (χ3n) is 2.99. The van der Waals surface area contributed by atoms with Crippen LogP contribution in [-0.2, 0) is 5.75 Å². The number of nitrogens with one attached hydrogen (secondary N) is 1. The van der Waals surface area contributed by atoms with Gasteiger partial charge in [0, 0.05) is 28.1 Å². The fourth-order valence-electron chi connectivity index (χ4n) is 1.86. The van der Waals surface area contributed by atoms with Gasteiger partial charge in [0.2, 0.25) is 0 Å². The quantitative estimate of drug-likeness (QED) is 0.724. The third-order valence-corrected chi connectivity index (χ3v) is 4.59. The summed E-state index contributed by atoms with van der Waals surface area (Å²) in [6.45, 7) is 0.294. The minimum atomic E-state index is -0.872. The van der Waals surface area contributed by atoms with Crippen molar-refractivity contribution < 1.29 is 13.6 Å². The normalized spacial score (nSPS) is 10.6. The second-order valence-corrected chi connectivity index (χ2v) is 6.59. The van der Waals surface area contributed by atoms with Gasteiger partial charge in [-0.05, 0) is 29.8 Å². The van der Waals surface area contributed by atoms with Crippen LogP contribution in [-0.4, -0.2) is 18.2 Å². The van der Waals surface area contributed by atoms with E-state index in [9.17, 15) is 13.6 Å². The van der Waals surface area contributed by atoms with Crippen LogP contribution in [0.1, 0.15) is 15.9 Å². The highest BCUT2D eigenvalue weighted by Crippen LogP contribution is 2.24. The van der Waals surface area contributed by atoms with Crippen molar-refractivity contribution in [3.63, 3.8) is 0 Å². The first-order valence-corrected chi connectivity index (χ1v) is 8.64. The van der Waals surface area contributed by atoms with E-state index in [-0.39, 0.29) is 0 Å². The minimum absolute atomic E-state index is 0.294. The van der Waals surface area contributed by atoms with Crippen molar-refractivity contribution in [3.8, 4) is 0 Å². The second kappa shape index (κ2) is 8.52. The molecule has 0 aromatic heterocycles. The maximum absolute atomic E-state index is 13.4. The van der Waals surface area contributed by atoms with E-state index in [0.29, 0.717) is 28.1 Å². The lowest BCUT2D eigenvalue weighted by molar-refractivity contribution is 0.0948. The van der Waals surface area contributed by atoms with Gasteiger partial charge in [0.15, 0.2) is 0 Å². The standard InChI is InChI=1S/C16H13Cl2F2NOS/c17-11-5-4-10(12(18)8-11)9-23-7-6-21-16(22)15-13(19)2-1-3-14(15)20/h1-5,8H,6-7,9H2,(H,21,22). The number of hydrogen-bond donors (Lipinski definition) is 1. The average molecular weight is 376 g/mol. The molecule has 0 fully saturated rings. The van der Waals surface area contributed by atoms with E-state index in [1.54, 1.807) is 23.9 Å². The molecule has 2 aromatic carbocycles. The highest BCUT2D eigenvalue weighted by Gasteiger charge is 2.16. The molecule has 0 saturated carbocycles. The number of carbonyl (C=O) groups is 1. The zero-order valence-corrected chi connectivity index (χ0v) is 14.2. The Morgan fingerprint density at radius 2 is 1.83 bits per heavy atom. The van der Waals surface area contributed by atoms with Crippen LogP contribution in [0.25, 0.3) is 0 Å². The summed E-state index contributed by atoms with van der Waals surface area (Å²) < 4.78 is 26.9. The number of rotatable bonds is 6. The van der Waals surface area contributed by atoms with Gasteiger partial charge in [-0.3, -0.25) is 4.79 Å². The summed E-state index contributed by atoms with van der Waals surface area (Å²) in [5, 5.41) is 3.65. The van der Waals surface area contributed by atoms with E-state index in [1.807, 2.05) is 6.07 Å². The Balaban J connectivity index is 1.78. The lowest BCUT2D eigenvalue weighted by atomic mass is 10.2. The van der Waals surface area contributed by atoms with E-state index >= 15 is 0 Å². The fraction of sp³-hybridized carbons (Fsp3) is 0.188. The monoisotopic (exact) mass is 375 g/mol. The van der Waals surface area contributed by atoms with Crippen LogP contribution in [0, 0.1) is 11.6 Å². The molecule has 0 saturated heterocycles. The molecule has 2 aromatic rings. The molecule has 0 radical (unpaired) electrons. The Labute approximate surface area is 147 Å². The van der Waals surface area contributed by atoms with Crippen LogP contribution in [0.5, 0.6) is 0 Å². The summed E-state index contributed by atoms with van der Waals surface area (Å²) in [4.78, 5) is 11.8. The molecule has 2 rings (SSSR count). The van der Waals surface area contributed by atoms with Gasteiger partial charge >= 0.3 is 0 Å². The summed E-state index contributed by atoms with van der Waals surface area (Å²) in [6, 6.07) is 8.58. The predicted octanol–water partition coefficient (Wildman–Crippen LogP) is 4.93. The lowest BCUT2D eigenvalue weighted by Gasteiger charge is -2.08. The van der Waals surface area contributed by atoms with Crippen molar-refractivity contribution in [2.24, 2.45) is 0 Å². The van der Waals surface area contributed by atoms with E-state index in [4.69, 9.17) is 23.2 Å². The largest absolute Gasteiger partial charge is 0.351 e. The SMILES string of the molecule is O=C(NCCSCc1ccc(Cl)cc1Cl)c1c(F)cccc1F. The van der Waals surface area contributed by atoms with Crippen molar-refractivity contribution in [3.05, 3.63) is 69.2 Å². The van der Waals surface area contributed by atoms with E-state index in [1.165, 1.54) is 6.07 Å². The Kier molecular flexibility index (Phi) is 6.69. The summed E-state index contributed by atoms with van der Waals surface area (Å²) in [6.07, 6.45) is 0. The first-order valence-electron chi connectivity index (χ1n) is 6.73. The van der Waals surface area contributed by atoms with Gasteiger partial charge in [-0.25, -0.2) is 8.78 Å². The molecule has 7 heteroatoms. The van der Waals surface area contributed by atoms with Crippen LogP contribution in [0.15, 0.2) is 36.4 Å². The number of halogens is 4. The number of thioether (sulfide) groups is 1. The summed E-state index contributed by atoms with van der Waals surface area (Å²) in [5.74, 6) is -1.27. The van der Waals surface area contributed by atoms with E-state index in [2.05, 4.69) is 5.32 Å².